The number of aliphatic carboxylic acids is 1. The second-order valence-corrected chi connectivity index (χ2v) is 6.85. The van der Waals surface area contributed by atoms with Crippen LogP contribution in [0.3, 0.4) is 0 Å². The molecule has 0 unspecified atom stereocenters. The summed E-state index contributed by atoms with van der Waals surface area (Å²) in [6, 6.07) is 17.6. The van der Waals surface area contributed by atoms with Gasteiger partial charge in [0, 0.05) is 24.2 Å². The number of methoxy groups -OCH3 is 1. The fourth-order valence-electron chi connectivity index (χ4n) is 3.38. The number of hydrogen-bond donors (Lipinski definition) is 1. The zero-order valence-electron chi connectivity index (χ0n) is 16.5. The molecule has 1 aliphatic rings. The van der Waals surface area contributed by atoms with Crippen LogP contribution in [-0.4, -0.2) is 55.0 Å². The minimum atomic E-state index is -0.715. The number of carbonyl (C=O) groups is 1. The van der Waals surface area contributed by atoms with Gasteiger partial charge in [-0.2, -0.15) is 0 Å². The first-order valence-corrected chi connectivity index (χ1v) is 9.52. The normalized spacial score (nSPS) is 17.3. The van der Waals surface area contributed by atoms with Crippen LogP contribution in [0.25, 0.3) is 0 Å². The highest BCUT2D eigenvalue weighted by molar-refractivity contribution is 6.12. The zero-order chi connectivity index (χ0) is 19.8. The second kappa shape index (κ2) is 11.4. The van der Waals surface area contributed by atoms with E-state index >= 15 is 0 Å². The van der Waals surface area contributed by atoms with Gasteiger partial charge in [0.15, 0.2) is 0 Å². The molecule has 0 saturated carbocycles. The summed E-state index contributed by atoms with van der Waals surface area (Å²) in [5, 5.41) is 13.6. The number of nitrogens with zero attached hydrogens (tertiary/aromatic N) is 2. The summed E-state index contributed by atoms with van der Waals surface area (Å²) in [7, 11) is 1.64. The number of carboxylic acids is 1. The van der Waals surface area contributed by atoms with E-state index in [2.05, 4.69) is 10.1 Å². The van der Waals surface area contributed by atoms with Gasteiger partial charge < -0.3 is 14.7 Å². The fourth-order valence-corrected chi connectivity index (χ4v) is 3.38. The van der Waals surface area contributed by atoms with E-state index < -0.39 is 5.97 Å². The number of rotatable bonds is 8. The molecule has 1 aliphatic heterocycles. The van der Waals surface area contributed by atoms with Crippen molar-refractivity contribution in [2.75, 3.05) is 33.4 Å². The van der Waals surface area contributed by atoms with Gasteiger partial charge in [-0.15, -0.1) is 12.4 Å². The molecule has 0 aromatic heterocycles. The number of carboxylic acid groups (broad SMARTS) is 1. The van der Waals surface area contributed by atoms with Crippen molar-refractivity contribution in [3.8, 4) is 5.75 Å². The van der Waals surface area contributed by atoms with Crippen molar-refractivity contribution in [1.82, 2.24) is 4.90 Å². The van der Waals surface area contributed by atoms with Crippen molar-refractivity contribution >= 4 is 24.1 Å². The van der Waals surface area contributed by atoms with Crippen LogP contribution in [0.1, 0.15) is 24.0 Å². The van der Waals surface area contributed by atoms with Gasteiger partial charge in [-0.1, -0.05) is 47.6 Å². The Kier molecular flexibility index (Phi) is 8.96. The van der Waals surface area contributed by atoms with Gasteiger partial charge in [0.2, 0.25) is 0 Å². The molecule has 7 heteroatoms. The number of piperidine rings is 1. The lowest BCUT2D eigenvalue weighted by Crippen LogP contribution is -2.40. The van der Waals surface area contributed by atoms with E-state index in [-0.39, 0.29) is 18.3 Å². The van der Waals surface area contributed by atoms with E-state index in [1.807, 2.05) is 54.6 Å². The van der Waals surface area contributed by atoms with Crippen LogP contribution in [0.4, 0.5) is 0 Å². The maximum absolute atomic E-state index is 11.2. The maximum atomic E-state index is 11.2. The average Bonchev–Trinajstić information content (AvgIpc) is 2.74. The molecule has 1 N–H and O–H groups in total. The molecule has 3 rings (SSSR count). The topological polar surface area (TPSA) is 71.4 Å². The first-order valence-electron chi connectivity index (χ1n) is 9.52. The SMILES string of the molecule is COc1cccc(/C(=N\OCCN2CCC[C@@H](C(=O)O)C2)c2ccccc2)c1.Cl. The lowest BCUT2D eigenvalue weighted by molar-refractivity contribution is -0.143. The van der Waals surface area contributed by atoms with Crippen LogP contribution >= 0.6 is 12.4 Å². The molecule has 1 saturated heterocycles. The third-order valence-electron chi connectivity index (χ3n) is 4.90. The summed E-state index contributed by atoms with van der Waals surface area (Å²) in [6.45, 7) is 2.54. The number of hydrogen-bond acceptors (Lipinski definition) is 5. The third-order valence-corrected chi connectivity index (χ3v) is 4.90. The minimum Gasteiger partial charge on any atom is -0.497 e. The lowest BCUT2D eigenvalue weighted by atomic mass is 9.98. The molecule has 29 heavy (non-hydrogen) atoms. The number of halogens is 1. The molecular formula is C22H27ClN2O4. The molecule has 0 aliphatic carbocycles. The van der Waals surface area contributed by atoms with Crippen molar-refractivity contribution in [1.29, 1.82) is 0 Å². The molecule has 0 amide bonds. The smallest absolute Gasteiger partial charge is 0.307 e. The standard InChI is InChI=1S/C22H26N2O4.ClH/c1-27-20-11-5-9-18(15-20)21(17-7-3-2-4-8-17)23-28-14-13-24-12-6-10-19(16-24)22(25)26;/h2-5,7-9,11,15,19H,6,10,12-14,16H2,1H3,(H,25,26);1H/b23-21-;/t19-;/m1./s1. The second-order valence-electron chi connectivity index (χ2n) is 6.85. The predicted octanol–water partition coefficient (Wildman–Crippen LogP) is 3.68. The van der Waals surface area contributed by atoms with E-state index in [9.17, 15) is 9.90 Å². The molecule has 0 bridgehead atoms. The molecule has 1 atom stereocenters. The van der Waals surface area contributed by atoms with E-state index in [0.29, 0.717) is 19.7 Å². The van der Waals surface area contributed by atoms with E-state index in [1.165, 1.54) is 0 Å². The average molecular weight is 419 g/mol. The fraction of sp³-hybridized carbons (Fsp3) is 0.364. The molecule has 6 nitrogen and oxygen atoms in total. The largest absolute Gasteiger partial charge is 0.497 e. The highest BCUT2D eigenvalue weighted by Gasteiger charge is 2.25. The Bertz CT molecular complexity index is 813. The molecular weight excluding hydrogens is 392 g/mol. The van der Waals surface area contributed by atoms with E-state index in [1.54, 1.807) is 7.11 Å². The maximum Gasteiger partial charge on any atom is 0.307 e. The number of likely N-dealkylation sites (tertiary alicyclic amines) is 1. The predicted molar refractivity (Wildman–Crippen MR) is 115 cm³/mol. The van der Waals surface area contributed by atoms with Crippen LogP contribution in [0.2, 0.25) is 0 Å². The summed E-state index contributed by atoms with van der Waals surface area (Å²) in [4.78, 5) is 19.0. The molecule has 1 fully saturated rings. The van der Waals surface area contributed by atoms with Crippen molar-refractivity contribution in [3.63, 3.8) is 0 Å². The van der Waals surface area contributed by atoms with Crippen molar-refractivity contribution in [3.05, 3.63) is 65.7 Å². The van der Waals surface area contributed by atoms with Gasteiger partial charge in [0.1, 0.15) is 18.1 Å². The number of benzene rings is 2. The zero-order valence-corrected chi connectivity index (χ0v) is 17.3. The highest BCUT2D eigenvalue weighted by Crippen LogP contribution is 2.18. The number of ether oxygens (including phenoxy) is 1. The Labute approximate surface area is 177 Å². The van der Waals surface area contributed by atoms with Crippen molar-refractivity contribution in [2.24, 2.45) is 11.1 Å². The van der Waals surface area contributed by atoms with Crippen LogP contribution in [0.5, 0.6) is 5.75 Å². The van der Waals surface area contributed by atoms with Crippen LogP contribution in [0.15, 0.2) is 59.8 Å². The first kappa shape index (κ1) is 22.7. The molecule has 156 valence electrons. The van der Waals surface area contributed by atoms with Crippen molar-refractivity contribution < 1.29 is 19.5 Å². The molecule has 1 heterocycles. The summed E-state index contributed by atoms with van der Waals surface area (Å²) in [5.41, 5.74) is 2.61. The Hall–Kier alpha value is -2.57. The summed E-state index contributed by atoms with van der Waals surface area (Å²) < 4.78 is 5.32. The van der Waals surface area contributed by atoms with Gasteiger partial charge in [-0.3, -0.25) is 9.69 Å². The Balaban J connectivity index is 0.00000300. The van der Waals surface area contributed by atoms with Gasteiger partial charge in [0.25, 0.3) is 0 Å². The highest BCUT2D eigenvalue weighted by atomic mass is 35.5. The van der Waals surface area contributed by atoms with Gasteiger partial charge >= 0.3 is 5.97 Å². The van der Waals surface area contributed by atoms with Crippen molar-refractivity contribution in [2.45, 2.75) is 12.8 Å². The van der Waals surface area contributed by atoms with Crippen LogP contribution in [0, 0.1) is 5.92 Å². The van der Waals surface area contributed by atoms with Gasteiger partial charge in [-0.05, 0) is 31.5 Å². The quantitative estimate of drug-likeness (QED) is 0.402. The Morgan fingerprint density at radius 1 is 1.17 bits per heavy atom. The lowest BCUT2D eigenvalue weighted by Gasteiger charge is -2.29. The molecule has 2 aromatic carbocycles. The van der Waals surface area contributed by atoms with Gasteiger partial charge in [-0.25, -0.2) is 0 Å². The van der Waals surface area contributed by atoms with Crippen LogP contribution < -0.4 is 4.74 Å². The minimum absolute atomic E-state index is 0. The van der Waals surface area contributed by atoms with E-state index in [4.69, 9.17) is 9.57 Å². The molecule has 0 spiro atoms. The summed E-state index contributed by atoms with van der Waals surface area (Å²) in [5.74, 6) is -0.240. The Morgan fingerprint density at radius 3 is 2.66 bits per heavy atom. The van der Waals surface area contributed by atoms with Crippen LogP contribution in [-0.2, 0) is 9.63 Å². The molecule has 0 radical (unpaired) electrons. The van der Waals surface area contributed by atoms with E-state index in [0.717, 1.165) is 42.0 Å². The summed E-state index contributed by atoms with van der Waals surface area (Å²) >= 11 is 0. The van der Waals surface area contributed by atoms with Gasteiger partial charge in [0.05, 0.1) is 13.0 Å². The molecule has 2 aromatic rings. The number of oxime groups is 1. The first-order chi connectivity index (χ1) is 13.7. The monoisotopic (exact) mass is 418 g/mol. The summed E-state index contributed by atoms with van der Waals surface area (Å²) in [6.07, 6.45) is 1.65. The third kappa shape index (κ3) is 6.48. The Morgan fingerprint density at radius 2 is 1.93 bits per heavy atom.